The van der Waals surface area contributed by atoms with Crippen LogP contribution in [0.15, 0.2) is 30.3 Å². The van der Waals surface area contributed by atoms with Crippen molar-refractivity contribution in [3.8, 4) is 0 Å². The molecule has 0 N–H and O–H groups in total. The number of hydrogen-bond donors (Lipinski definition) is 0. The highest BCUT2D eigenvalue weighted by Gasteiger charge is 2.27. The third-order valence-corrected chi connectivity index (χ3v) is 3.92. The minimum absolute atomic E-state index is 0.476. The van der Waals surface area contributed by atoms with Crippen LogP contribution >= 0.6 is 0 Å². The fourth-order valence-corrected chi connectivity index (χ4v) is 2.87. The molecule has 1 aromatic carbocycles. The predicted molar refractivity (Wildman–Crippen MR) is 71.8 cm³/mol. The molecule has 1 aliphatic carbocycles. The number of ether oxygens (including phenoxy) is 1. The van der Waals surface area contributed by atoms with Crippen molar-refractivity contribution in [2.24, 2.45) is 11.8 Å². The molecule has 0 radical (unpaired) electrons. The minimum Gasteiger partial charge on any atom is -0.373 e. The van der Waals surface area contributed by atoms with E-state index < -0.39 is 0 Å². The lowest BCUT2D eigenvalue weighted by Crippen LogP contribution is -2.31. The summed E-state index contributed by atoms with van der Waals surface area (Å²) in [6.07, 6.45) is 5.78. The zero-order valence-electron chi connectivity index (χ0n) is 11.1. The highest BCUT2D eigenvalue weighted by atomic mass is 16.5. The van der Waals surface area contributed by atoms with E-state index in [9.17, 15) is 0 Å². The molecule has 0 unspecified atom stereocenters. The Morgan fingerprint density at radius 3 is 2.53 bits per heavy atom. The summed E-state index contributed by atoms with van der Waals surface area (Å²) >= 11 is 0. The first-order valence-electron chi connectivity index (χ1n) is 6.93. The van der Waals surface area contributed by atoms with E-state index in [0.717, 1.165) is 18.4 Å². The summed E-state index contributed by atoms with van der Waals surface area (Å²) < 4.78 is 6.14. The smallest absolute Gasteiger partial charge is 0.0720 e. The van der Waals surface area contributed by atoms with Crippen molar-refractivity contribution in [3.05, 3.63) is 35.9 Å². The molecule has 0 heterocycles. The van der Waals surface area contributed by atoms with Crippen LogP contribution in [-0.4, -0.2) is 6.10 Å². The van der Waals surface area contributed by atoms with Gasteiger partial charge in [0, 0.05) is 0 Å². The summed E-state index contributed by atoms with van der Waals surface area (Å²) in [5.41, 5.74) is 1.29. The molecule has 1 saturated carbocycles. The van der Waals surface area contributed by atoms with Crippen molar-refractivity contribution in [2.45, 2.75) is 52.2 Å². The molecular weight excluding hydrogens is 208 g/mol. The molecule has 0 saturated heterocycles. The summed E-state index contributed by atoms with van der Waals surface area (Å²) in [5, 5.41) is 0. The Morgan fingerprint density at radius 2 is 1.82 bits per heavy atom. The first kappa shape index (κ1) is 12.6. The summed E-state index contributed by atoms with van der Waals surface area (Å²) in [6, 6.07) is 10.5. The predicted octanol–water partition coefficient (Wildman–Crippen LogP) is 4.42. The van der Waals surface area contributed by atoms with Crippen LogP contribution in [0, 0.1) is 11.8 Å². The zero-order chi connectivity index (χ0) is 12.1. The molecule has 2 rings (SSSR count). The standard InChI is InChI=1S/C16H24O/c1-13(2)15-10-6-7-11-16(15)17-12-14-8-4-3-5-9-14/h3-5,8-9,13,15-16H,6-7,10-12H2,1-2H3/t15-,16-/m1/s1. The van der Waals surface area contributed by atoms with Gasteiger partial charge in [-0.1, -0.05) is 57.0 Å². The molecule has 0 spiro atoms. The lowest BCUT2D eigenvalue weighted by atomic mass is 9.79. The van der Waals surface area contributed by atoms with Gasteiger partial charge in [-0.2, -0.15) is 0 Å². The van der Waals surface area contributed by atoms with Gasteiger partial charge >= 0.3 is 0 Å². The van der Waals surface area contributed by atoms with Gasteiger partial charge in [0.1, 0.15) is 0 Å². The SMILES string of the molecule is CC(C)[C@H]1CCCC[C@H]1OCc1ccccc1. The van der Waals surface area contributed by atoms with E-state index in [4.69, 9.17) is 4.74 Å². The van der Waals surface area contributed by atoms with E-state index in [2.05, 4.69) is 44.2 Å². The zero-order valence-corrected chi connectivity index (χ0v) is 11.1. The third kappa shape index (κ3) is 3.57. The van der Waals surface area contributed by atoms with E-state index in [1.165, 1.54) is 31.2 Å². The van der Waals surface area contributed by atoms with Crippen molar-refractivity contribution in [2.75, 3.05) is 0 Å². The molecule has 1 heteroatoms. The van der Waals surface area contributed by atoms with Gasteiger partial charge in [-0.05, 0) is 30.2 Å². The Labute approximate surface area is 105 Å². The Bertz CT molecular complexity index is 318. The molecule has 1 nitrogen and oxygen atoms in total. The highest BCUT2D eigenvalue weighted by molar-refractivity contribution is 5.13. The normalized spacial score (nSPS) is 25.1. The maximum absolute atomic E-state index is 6.14. The molecule has 0 aliphatic heterocycles. The Balaban J connectivity index is 1.88. The molecule has 1 aliphatic rings. The average Bonchev–Trinajstić information content (AvgIpc) is 2.38. The van der Waals surface area contributed by atoms with E-state index in [-0.39, 0.29) is 0 Å². The van der Waals surface area contributed by atoms with Crippen LogP contribution in [0.1, 0.15) is 45.1 Å². The lowest BCUT2D eigenvalue weighted by molar-refractivity contribution is -0.0353. The van der Waals surface area contributed by atoms with Gasteiger partial charge < -0.3 is 4.74 Å². The molecule has 1 fully saturated rings. The Hall–Kier alpha value is -0.820. The molecular formula is C16H24O. The Morgan fingerprint density at radius 1 is 1.12 bits per heavy atom. The first-order valence-corrected chi connectivity index (χ1v) is 6.93. The van der Waals surface area contributed by atoms with Gasteiger partial charge in [0.2, 0.25) is 0 Å². The molecule has 17 heavy (non-hydrogen) atoms. The van der Waals surface area contributed by atoms with Gasteiger partial charge in [0.05, 0.1) is 12.7 Å². The van der Waals surface area contributed by atoms with Crippen LogP contribution in [0.2, 0.25) is 0 Å². The summed E-state index contributed by atoms with van der Waals surface area (Å²) in [4.78, 5) is 0. The maximum Gasteiger partial charge on any atom is 0.0720 e. The summed E-state index contributed by atoms with van der Waals surface area (Å²) in [5.74, 6) is 1.50. The second-order valence-corrected chi connectivity index (χ2v) is 5.53. The van der Waals surface area contributed by atoms with Crippen LogP contribution in [0.5, 0.6) is 0 Å². The Kier molecular flexibility index (Phi) is 4.61. The van der Waals surface area contributed by atoms with E-state index >= 15 is 0 Å². The van der Waals surface area contributed by atoms with Gasteiger partial charge in [-0.15, -0.1) is 0 Å². The fourth-order valence-electron chi connectivity index (χ4n) is 2.87. The van der Waals surface area contributed by atoms with Crippen molar-refractivity contribution in [1.29, 1.82) is 0 Å². The van der Waals surface area contributed by atoms with Crippen molar-refractivity contribution < 1.29 is 4.74 Å². The van der Waals surface area contributed by atoms with Crippen LogP contribution in [0.4, 0.5) is 0 Å². The van der Waals surface area contributed by atoms with Crippen LogP contribution < -0.4 is 0 Å². The number of hydrogen-bond acceptors (Lipinski definition) is 1. The fraction of sp³-hybridized carbons (Fsp3) is 0.625. The van der Waals surface area contributed by atoms with Crippen LogP contribution in [0.25, 0.3) is 0 Å². The topological polar surface area (TPSA) is 9.23 Å². The lowest BCUT2D eigenvalue weighted by Gasteiger charge is -2.34. The summed E-state index contributed by atoms with van der Waals surface area (Å²) in [6.45, 7) is 5.43. The molecule has 1 aromatic rings. The van der Waals surface area contributed by atoms with Gasteiger partial charge in [0.15, 0.2) is 0 Å². The average molecular weight is 232 g/mol. The van der Waals surface area contributed by atoms with E-state index in [0.29, 0.717) is 6.10 Å². The molecule has 2 atom stereocenters. The largest absolute Gasteiger partial charge is 0.373 e. The van der Waals surface area contributed by atoms with Gasteiger partial charge in [-0.3, -0.25) is 0 Å². The molecule has 0 bridgehead atoms. The number of benzene rings is 1. The first-order chi connectivity index (χ1) is 8.27. The van der Waals surface area contributed by atoms with Gasteiger partial charge in [-0.25, -0.2) is 0 Å². The molecule has 0 amide bonds. The van der Waals surface area contributed by atoms with Crippen LogP contribution in [-0.2, 0) is 11.3 Å². The highest BCUT2D eigenvalue weighted by Crippen LogP contribution is 2.32. The minimum atomic E-state index is 0.476. The van der Waals surface area contributed by atoms with Crippen molar-refractivity contribution in [3.63, 3.8) is 0 Å². The van der Waals surface area contributed by atoms with Crippen molar-refractivity contribution in [1.82, 2.24) is 0 Å². The monoisotopic (exact) mass is 232 g/mol. The van der Waals surface area contributed by atoms with E-state index in [1.807, 2.05) is 0 Å². The quantitative estimate of drug-likeness (QED) is 0.746. The van der Waals surface area contributed by atoms with Gasteiger partial charge in [0.25, 0.3) is 0 Å². The van der Waals surface area contributed by atoms with Crippen molar-refractivity contribution >= 4 is 0 Å². The van der Waals surface area contributed by atoms with E-state index in [1.54, 1.807) is 0 Å². The molecule has 0 aromatic heterocycles. The van der Waals surface area contributed by atoms with Crippen LogP contribution in [0.3, 0.4) is 0 Å². The maximum atomic E-state index is 6.14. The molecule has 94 valence electrons. The second-order valence-electron chi connectivity index (χ2n) is 5.53. The number of rotatable bonds is 4. The third-order valence-electron chi connectivity index (χ3n) is 3.92. The summed E-state index contributed by atoms with van der Waals surface area (Å²) in [7, 11) is 0. The second kappa shape index (κ2) is 6.20.